The fourth-order valence-electron chi connectivity index (χ4n) is 3.10. The molecule has 1 heteroatoms. The Hall–Kier alpha value is -0.0400. The van der Waals surface area contributed by atoms with Crippen molar-refractivity contribution in [1.82, 2.24) is 4.90 Å². The van der Waals surface area contributed by atoms with Gasteiger partial charge in [0.05, 0.1) is 0 Å². The molecule has 1 fully saturated rings. The van der Waals surface area contributed by atoms with E-state index in [1.165, 1.54) is 25.8 Å². The van der Waals surface area contributed by atoms with Gasteiger partial charge < -0.3 is 4.90 Å². The van der Waals surface area contributed by atoms with E-state index in [-0.39, 0.29) is 0 Å². The highest BCUT2D eigenvalue weighted by Gasteiger charge is 2.36. The van der Waals surface area contributed by atoms with Crippen molar-refractivity contribution in [2.24, 2.45) is 11.3 Å². The Morgan fingerprint density at radius 2 is 2.00 bits per heavy atom. The van der Waals surface area contributed by atoms with Crippen LogP contribution in [-0.4, -0.2) is 24.5 Å². The molecule has 0 bridgehead atoms. The van der Waals surface area contributed by atoms with Crippen LogP contribution < -0.4 is 0 Å². The molecule has 0 N–H and O–H groups in total. The van der Waals surface area contributed by atoms with Crippen LogP contribution in [0.15, 0.2) is 0 Å². The standard InChI is InChI=1S/C12H25N/c1-6-11-10(3)8-12(4,7-2)9-13(11)5/h10-11H,6-9H2,1-5H3. The minimum atomic E-state index is 0.569. The summed E-state index contributed by atoms with van der Waals surface area (Å²) in [5.74, 6) is 0.869. The summed E-state index contributed by atoms with van der Waals surface area (Å²) in [5.41, 5.74) is 0.569. The predicted molar refractivity (Wildman–Crippen MR) is 58.9 cm³/mol. The predicted octanol–water partition coefficient (Wildman–Crippen LogP) is 3.15. The highest BCUT2D eigenvalue weighted by molar-refractivity contribution is 4.89. The van der Waals surface area contributed by atoms with Gasteiger partial charge in [0.1, 0.15) is 0 Å². The molecule has 1 aliphatic rings. The molecule has 0 saturated carbocycles. The molecule has 0 spiro atoms. The molecule has 0 aromatic carbocycles. The van der Waals surface area contributed by atoms with Gasteiger partial charge in [0.2, 0.25) is 0 Å². The molecule has 78 valence electrons. The summed E-state index contributed by atoms with van der Waals surface area (Å²) in [5, 5.41) is 0. The molecule has 1 nitrogen and oxygen atoms in total. The van der Waals surface area contributed by atoms with Crippen molar-refractivity contribution in [1.29, 1.82) is 0 Å². The molecule has 1 aliphatic heterocycles. The monoisotopic (exact) mass is 183 g/mol. The molecule has 0 radical (unpaired) electrons. The third kappa shape index (κ3) is 2.25. The summed E-state index contributed by atoms with van der Waals surface area (Å²) < 4.78 is 0. The van der Waals surface area contributed by atoms with Crippen LogP contribution in [0, 0.1) is 11.3 Å². The number of likely N-dealkylation sites (tertiary alicyclic amines) is 1. The number of nitrogens with zero attached hydrogens (tertiary/aromatic N) is 1. The highest BCUT2D eigenvalue weighted by Crippen LogP contribution is 2.38. The smallest absolute Gasteiger partial charge is 0.0116 e. The zero-order valence-corrected chi connectivity index (χ0v) is 9.93. The van der Waals surface area contributed by atoms with E-state index in [0.717, 1.165) is 12.0 Å². The van der Waals surface area contributed by atoms with Gasteiger partial charge in [0.15, 0.2) is 0 Å². The molecule has 3 atom stereocenters. The second-order valence-corrected chi connectivity index (χ2v) is 5.24. The van der Waals surface area contributed by atoms with Crippen LogP contribution in [0.4, 0.5) is 0 Å². The Kier molecular flexibility index (Phi) is 3.39. The van der Waals surface area contributed by atoms with Crippen molar-refractivity contribution in [3.8, 4) is 0 Å². The van der Waals surface area contributed by atoms with E-state index >= 15 is 0 Å². The molecule has 13 heavy (non-hydrogen) atoms. The summed E-state index contributed by atoms with van der Waals surface area (Å²) in [7, 11) is 2.29. The van der Waals surface area contributed by atoms with E-state index < -0.39 is 0 Å². The van der Waals surface area contributed by atoms with Gasteiger partial charge in [-0.05, 0) is 37.6 Å². The summed E-state index contributed by atoms with van der Waals surface area (Å²) >= 11 is 0. The lowest BCUT2D eigenvalue weighted by molar-refractivity contribution is 0.0278. The topological polar surface area (TPSA) is 3.24 Å². The van der Waals surface area contributed by atoms with Gasteiger partial charge in [-0.1, -0.05) is 27.7 Å². The van der Waals surface area contributed by atoms with Crippen molar-refractivity contribution in [2.45, 2.75) is 53.0 Å². The first-order valence-corrected chi connectivity index (χ1v) is 5.72. The SMILES string of the molecule is CCC1C(C)CC(C)(CC)CN1C. The highest BCUT2D eigenvalue weighted by atomic mass is 15.1. The van der Waals surface area contributed by atoms with Crippen molar-refractivity contribution >= 4 is 0 Å². The normalized spacial score (nSPS) is 42.2. The van der Waals surface area contributed by atoms with E-state index in [4.69, 9.17) is 0 Å². The quantitative estimate of drug-likeness (QED) is 0.635. The molecular weight excluding hydrogens is 158 g/mol. The second kappa shape index (κ2) is 4.00. The zero-order valence-electron chi connectivity index (χ0n) is 9.93. The zero-order chi connectivity index (χ0) is 10.1. The largest absolute Gasteiger partial charge is 0.303 e. The molecule has 0 aliphatic carbocycles. The van der Waals surface area contributed by atoms with Crippen LogP contribution in [0.3, 0.4) is 0 Å². The minimum absolute atomic E-state index is 0.569. The number of hydrogen-bond acceptors (Lipinski definition) is 1. The first-order chi connectivity index (χ1) is 6.02. The first kappa shape index (κ1) is 11.0. The number of rotatable bonds is 2. The average molecular weight is 183 g/mol. The lowest BCUT2D eigenvalue weighted by Crippen LogP contribution is -2.49. The Bertz CT molecular complexity index is 153. The molecule has 1 rings (SSSR count). The van der Waals surface area contributed by atoms with E-state index in [9.17, 15) is 0 Å². The van der Waals surface area contributed by atoms with Crippen molar-refractivity contribution in [2.75, 3.05) is 13.6 Å². The van der Waals surface area contributed by atoms with Gasteiger partial charge in [0, 0.05) is 12.6 Å². The Morgan fingerprint density at radius 1 is 1.38 bits per heavy atom. The van der Waals surface area contributed by atoms with Gasteiger partial charge >= 0.3 is 0 Å². The van der Waals surface area contributed by atoms with Gasteiger partial charge in [-0.2, -0.15) is 0 Å². The van der Waals surface area contributed by atoms with Crippen molar-refractivity contribution in [3.05, 3.63) is 0 Å². The van der Waals surface area contributed by atoms with Crippen molar-refractivity contribution < 1.29 is 0 Å². The van der Waals surface area contributed by atoms with Crippen LogP contribution >= 0.6 is 0 Å². The van der Waals surface area contributed by atoms with E-state index in [1.54, 1.807) is 0 Å². The number of hydrogen-bond donors (Lipinski definition) is 0. The molecule has 1 heterocycles. The molecule has 0 aromatic heterocycles. The summed E-state index contributed by atoms with van der Waals surface area (Å²) in [4.78, 5) is 2.57. The first-order valence-electron chi connectivity index (χ1n) is 5.72. The fraction of sp³-hybridized carbons (Fsp3) is 1.00. The third-order valence-corrected chi connectivity index (χ3v) is 3.94. The summed E-state index contributed by atoms with van der Waals surface area (Å²) in [6.07, 6.45) is 4.03. The van der Waals surface area contributed by atoms with Crippen molar-refractivity contribution in [3.63, 3.8) is 0 Å². The van der Waals surface area contributed by atoms with Crippen LogP contribution in [0.5, 0.6) is 0 Å². The van der Waals surface area contributed by atoms with E-state index in [1.807, 2.05) is 0 Å². The van der Waals surface area contributed by atoms with Crippen LogP contribution in [-0.2, 0) is 0 Å². The minimum Gasteiger partial charge on any atom is -0.303 e. The van der Waals surface area contributed by atoms with Gasteiger partial charge in [-0.15, -0.1) is 0 Å². The lowest BCUT2D eigenvalue weighted by atomic mass is 9.72. The summed E-state index contributed by atoms with van der Waals surface area (Å²) in [6, 6.07) is 0.819. The van der Waals surface area contributed by atoms with Gasteiger partial charge in [0.25, 0.3) is 0 Å². The maximum Gasteiger partial charge on any atom is 0.0116 e. The molecule has 0 aromatic rings. The lowest BCUT2D eigenvalue weighted by Gasteiger charge is -2.47. The Morgan fingerprint density at radius 3 is 2.38 bits per heavy atom. The molecular formula is C12H25N. The maximum atomic E-state index is 2.57. The van der Waals surface area contributed by atoms with Gasteiger partial charge in [-0.3, -0.25) is 0 Å². The Labute approximate surface area is 83.5 Å². The third-order valence-electron chi connectivity index (χ3n) is 3.94. The maximum absolute atomic E-state index is 2.57. The van der Waals surface area contributed by atoms with Gasteiger partial charge in [-0.25, -0.2) is 0 Å². The van der Waals surface area contributed by atoms with Crippen LogP contribution in [0.1, 0.15) is 47.0 Å². The molecule has 0 amide bonds. The number of piperidine rings is 1. The van der Waals surface area contributed by atoms with E-state index in [2.05, 4.69) is 39.6 Å². The average Bonchev–Trinajstić information content (AvgIpc) is 2.03. The summed E-state index contributed by atoms with van der Waals surface area (Å²) in [6.45, 7) is 10.8. The Balaban J connectivity index is 2.66. The van der Waals surface area contributed by atoms with Crippen LogP contribution in [0.25, 0.3) is 0 Å². The van der Waals surface area contributed by atoms with Crippen LogP contribution in [0.2, 0.25) is 0 Å². The second-order valence-electron chi connectivity index (χ2n) is 5.24. The molecule has 1 saturated heterocycles. The molecule has 3 unspecified atom stereocenters. The van der Waals surface area contributed by atoms with E-state index in [0.29, 0.717) is 5.41 Å². The fourth-order valence-corrected chi connectivity index (χ4v) is 3.10.